The third kappa shape index (κ3) is 3.44. The van der Waals surface area contributed by atoms with Crippen molar-refractivity contribution in [2.24, 2.45) is 0 Å². The second-order valence-corrected chi connectivity index (χ2v) is 5.27. The van der Waals surface area contributed by atoms with Gasteiger partial charge in [-0.25, -0.2) is 0 Å². The van der Waals surface area contributed by atoms with Crippen LogP contribution < -0.4 is 0 Å². The summed E-state index contributed by atoms with van der Waals surface area (Å²) in [4.78, 5) is 14.3. The standard InChI is InChI=1S/C13H17Cl2NO/c1-8(2)16(4)9(3)13(17)11-6-5-10(14)7-12(11)15/h5-9H,1-4H3. The van der Waals surface area contributed by atoms with Gasteiger partial charge in [-0.15, -0.1) is 0 Å². The van der Waals surface area contributed by atoms with Gasteiger partial charge >= 0.3 is 0 Å². The van der Waals surface area contributed by atoms with E-state index in [0.717, 1.165) is 0 Å². The summed E-state index contributed by atoms with van der Waals surface area (Å²) < 4.78 is 0. The van der Waals surface area contributed by atoms with E-state index in [4.69, 9.17) is 23.2 Å². The van der Waals surface area contributed by atoms with Crippen molar-refractivity contribution in [3.63, 3.8) is 0 Å². The van der Waals surface area contributed by atoms with Gasteiger partial charge in [0, 0.05) is 16.6 Å². The maximum Gasteiger partial charge on any atom is 0.181 e. The molecule has 0 aliphatic rings. The Morgan fingerprint density at radius 1 is 1.24 bits per heavy atom. The lowest BCUT2D eigenvalue weighted by Crippen LogP contribution is -2.40. The highest BCUT2D eigenvalue weighted by Crippen LogP contribution is 2.23. The number of likely N-dealkylation sites (N-methyl/N-ethyl adjacent to an activating group) is 1. The van der Waals surface area contributed by atoms with Crippen LogP contribution in [0.5, 0.6) is 0 Å². The third-order valence-electron chi connectivity index (χ3n) is 3.00. The van der Waals surface area contributed by atoms with Crippen molar-refractivity contribution in [3.05, 3.63) is 33.8 Å². The highest BCUT2D eigenvalue weighted by atomic mass is 35.5. The Morgan fingerprint density at radius 2 is 1.82 bits per heavy atom. The van der Waals surface area contributed by atoms with E-state index in [-0.39, 0.29) is 11.8 Å². The van der Waals surface area contributed by atoms with Gasteiger partial charge in [-0.05, 0) is 46.0 Å². The van der Waals surface area contributed by atoms with Gasteiger partial charge in [0.05, 0.1) is 11.1 Å². The molecule has 0 aliphatic carbocycles. The molecule has 0 spiro atoms. The van der Waals surface area contributed by atoms with E-state index < -0.39 is 0 Å². The molecule has 0 heterocycles. The molecule has 0 N–H and O–H groups in total. The summed E-state index contributed by atoms with van der Waals surface area (Å²) in [5, 5.41) is 0.947. The molecule has 0 fully saturated rings. The molecule has 94 valence electrons. The van der Waals surface area contributed by atoms with Gasteiger partial charge in [0.2, 0.25) is 0 Å². The summed E-state index contributed by atoms with van der Waals surface area (Å²) in [7, 11) is 1.93. The zero-order valence-corrected chi connectivity index (χ0v) is 12.0. The predicted molar refractivity (Wildman–Crippen MR) is 73.2 cm³/mol. The highest BCUT2D eigenvalue weighted by Gasteiger charge is 2.23. The molecule has 1 unspecified atom stereocenters. The van der Waals surface area contributed by atoms with Crippen molar-refractivity contribution >= 4 is 29.0 Å². The molecule has 0 bridgehead atoms. The van der Waals surface area contributed by atoms with Gasteiger partial charge in [-0.2, -0.15) is 0 Å². The van der Waals surface area contributed by atoms with Crippen molar-refractivity contribution in [1.29, 1.82) is 0 Å². The third-order valence-corrected chi connectivity index (χ3v) is 3.55. The first-order valence-electron chi connectivity index (χ1n) is 5.55. The molecule has 0 amide bonds. The number of nitrogens with zero attached hydrogens (tertiary/aromatic N) is 1. The quantitative estimate of drug-likeness (QED) is 0.776. The van der Waals surface area contributed by atoms with E-state index in [1.807, 2.05) is 32.7 Å². The second kappa shape index (κ2) is 5.85. The first-order valence-corrected chi connectivity index (χ1v) is 6.31. The lowest BCUT2D eigenvalue weighted by Gasteiger charge is -2.27. The molecule has 0 radical (unpaired) electrons. The monoisotopic (exact) mass is 273 g/mol. The average Bonchev–Trinajstić information content (AvgIpc) is 2.26. The maximum atomic E-state index is 12.3. The Balaban J connectivity index is 2.96. The molecule has 0 saturated heterocycles. The van der Waals surface area contributed by atoms with E-state index in [2.05, 4.69) is 0 Å². The molecule has 2 nitrogen and oxygen atoms in total. The minimum absolute atomic E-state index is 0.0165. The molecule has 0 aliphatic heterocycles. The molecule has 0 saturated carbocycles. The average molecular weight is 274 g/mol. The molecule has 1 rings (SSSR count). The Labute approximate surface area is 113 Å². The number of ketones is 1. The van der Waals surface area contributed by atoms with E-state index >= 15 is 0 Å². The largest absolute Gasteiger partial charge is 0.294 e. The lowest BCUT2D eigenvalue weighted by atomic mass is 10.0. The molecule has 4 heteroatoms. The lowest BCUT2D eigenvalue weighted by molar-refractivity contribution is 0.0836. The zero-order valence-electron chi connectivity index (χ0n) is 10.5. The molecule has 0 aromatic heterocycles. The fraction of sp³-hybridized carbons (Fsp3) is 0.462. The maximum absolute atomic E-state index is 12.3. The van der Waals surface area contributed by atoms with Gasteiger partial charge < -0.3 is 0 Å². The minimum Gasteiger partial charge on any atom is -0.294 e. The topological polar surface area (TPSA) is 20.3 Å². The number of Topliss-reactive ketones (excluding diaryl/α,β-unsaturated/α-hetero) is 1. The fourth-order valence-corrected chi connectivity index (χ4v) is 2.05. The van der Waals surface area contributed by atoms with Crippen molar-refractivity contribution in [2.45, 2.75) is 32.9 Å². The van der Waals surface area contributed by atoms with Crippen LogP contribution in [0.3, 0.4) is 0 Å². The minimum atomic E-state index is -0.200. The van der Waals surface area contributed by atoms with Gasteiger partial charge in [0.1, 0.15) is 0 Å². The molecule has 17 heavy (non-hydrogen) atoms. The van der Waals surface area contributed by atoms with Crippen molar-refractivity contribution in [3.8, 4) is 0 Å². The second-order valence-electron chi connectivity index (χ2n) is 4.42. The van der Waals surface area contributed by atoms with E-state index in [9.17, 15) is 4.79 Å². The Hall–Kier alpha value is -0.570. The van der Waals surface area contributed by atoms with Crippen molar-refractivity contribution in [1.82, 2.24) is 4.90 Å². The molecule has 1 aromatic carbocycles. The summed E-state index contributed by atoms with van der Waals surface area (Å²) in [6, 6.07) is 5.06. The Bertz CT molecular complexity index is 418. The van der Waals surface area contributed by atoms with Gasteiger partial charge in [0.15, 0.2) is 5.78 Å². The normalized spacial score (nSPS) is 13.2. The SMILES string of the molecule is CC(C)N(C)C(C)C(=O)c1ccc(Cl)cc1Cl. The van der Waals surface area contributed by atoms with Crippen molar-refractivity contribution < 1.29 is 4.79 Å². The fourth-order valence-electron chi connectivity index (χ4n) is 1.55. The summed E-state index contributed by atoms with van der Waals surface area (Å²) in [6.45, 7) is 5.98. The van der Waals surface area contributed by atoms with E-state index in [0.29, 0.717) is 21.7 Å². The summed E-state index contributed by atoms with van der Waals surface area (Å²) in [6.07, 6.45) is 0. The van der Waals surface area contributed by atoms with Crippen LogP contribution in [-0.2, 0) is 0 Å². The zero-order chi connectivity index (χ0) is 13.2. The number of hydrogen-bond donors (Lipinski definition) is 0. The van der Waals surface area contributed by atoms with E-state index in [1.165, 1.54) is 0 Å². The number of benzene rings is 1. The number of carbonyl (C=O) groups excluding carboxylic acids is 1. The van der Waals surface area contributed by atoms with E-state index in [1.54, 1.807) is 18.2 Å². The Morgan fingerprint density at radius 3 is 2.29 bits per heavy atom. The Kier molecular flexibility index (Phi) is 4.99. The number of carbonyl (C=O) groups is 1. The molecule has 1 atom stereocenters. The predicted octanol–water partition coefficient (Wildman–Crippen LogP) is 3.90. The van der Waals surface area contributed by atoms with Crippen LogP contribution >= 0.6 is 23.2 Å². The molecular weight excluding hydrogens is 257 g/mol. The number of halogens is 2. The molecule has 1 aromatic rings. The number of rotatable bonds is 4. The van der Waals surface area contributed by atoms with Crippen LogP contribution in [0.15, 0.2) is 18.2 Å². The first kappa shape index (κ1) is 14.5. The summed E-state index contributed by atoms with van der Waals surface area (Å²) in [5.41, 5.74) is 0.524. The van der Waals surface area contributed by atoms with Gasteiger partial charge in [-0.3, -0.25) is 9.69 Å². The van der Waals surface area contributed by atoms with Crippen LogP contribution in [0.1, 0.15) is 31.1 Å². The van der Waals surface area contributed by atoms with Gasteiger partial charge in [-0.1, -0.05) is 23.2 Å². The van der Waals surface area contributed by atoms with Gasteiger partial charge in [0.25, 0.3) is 0 Å². The van der Waals surface area contributed by atoms with Crippen LogP contribution in [-0.4, -0.2) is 29.8 Å². The first-order chi connectivity index (χ1) is 7.84. The summed E-state index contributed by atoms with van der Waals surface area (Å²) in [5.74, 6) is 0.0165. The van der Waals surface area contributed by atoms with Crippen LogP contribution in [0.4, 0.5) is 0 Å². The van der Waals surface area contributed by atoms with Crippen molar-refractivity contribution in [2.75, 3.05) is 7.05 Å². The molecular formula is C13H17Cl2NO. The highest BCUT2D eigenvalue weighted by molar-refractivity contribution is 6.37. The number of hydrogen-bond acceptors (Lipinski definition) is 2. The van der Waals surface area contributed by atoms with Crippen LogP contribution in [0.25, 0.3) is 0 Å². The van der Waals surface area contributed by atoms with Crippen LogP contribution in [0.2, 0.25) is 10.0 Å². The summed E-state index contributed by atoms with van der Waals surface area (Å²) >= 11 is 11.8. The van der Waals surface area contributed by atoms with Crippen LogP contribution in [0, 0.1) is 0 Å². The smallest absolute Gasteiger partial charge is 0.181 e.